The molecule has 1 fully saturated rings. The molecule has 0 heterocycles. The van der Waals surface area contributed by atoms with E-state index in [4.69, 9.17) is 0 Å². The Morgan fingerprint density at radius 1 is 1.00 bits per heavy atom. The first-order valence-corrected chi connectivity index (χ1v) is 3.49. The third-order valence-corrected chi connectivity index (χ3v) is 2.53. The predicted molar refractivity (Wildman–Crippen MR) is 35.0 cm³/mol. The van der Waals surface area contributed by atoms with E-state index in [2.05, 4.69) is 0 Å². The van der Waals surface area contributed by atoms with Crippen LogP contribution < -0.4 is 0 Å². The summed E-state index contributed by atoms with van der Waals surface area (Å²) in [4.78, 5) is 0. The lowest BCUT2D eigenvalue weighted by molar-refractivity contribution is 0.123. The zero-order valence-electron chi connectivity index (χ0n) is 5.91. The fraction of sp³-hybridized carbons (Fsp3) is 1.00. The highest BCUT2D eigenvalue weighted by atomic mass is 16.3. The van der Waals surface area contributed by atoms with Crippen molar-refractivity contribution in [2.24, 2.45) is 11.8 Å². The molecule has 0 aromatic carbocycles. The van der Waals surface area contributed by atoms with Crippen LogP contribution in [0.4, 0.5) is 0 Å². The minimum absolute atomic E-state index is 0.264. The van der Waals surface area contributed by atoms with Crippen LogP contribution in [0.15, 0.2) is 0 Å². The first-order chi connectivity index (χ1) is 4.13. The molecule has 1 aliphatic carbocycles. The Labute approximate surface area is 55.5 Å². The van der Waals surface area contributed by atoms with Gasteiger partial charge >= 0.3 is 0 Å². The summed E-state index contributed by atoms with van der Waals surface area (Å²) in [5.41, 5.74) is 0. The molecule has 0 radical (unpaired) electrons. The van der Waals surface area contributed by atoms with Crippen LogP contribution in [-0.4, -0.2) is 22.4 Å². The molecule has 0 aromatic heterocycles. The van der Waals surface area contributed by atoms with E-state index in [0.717, 1.165) is 0 Å². The third-order valence-electron chi connectivity index (χ3n) is 2.53. The quantitative estimate of drug-likeness (QED) is 0.498. The Morgan fingerprint density at radius 3 is 1.44 bits per heavy atom. The van der Waals surface area contributed by atoms with Crippen LogP contribution in [-0.2, 0) is 0 Å². The fourth-order valence-corrected chi connectivity index (χ4v) is 1.38. The van der Waals surface area contributed by atoms with Gasteiger partial charge in [-0.1, -0.05) is 13.8 Å². The molecule has 9 heavy (non-hydrogen) atoms. The van der Waals surface area contributed by atoms with Gasteiger partial charge in [0.25, 0.3) is 0 Å². The molecule has 0 amide bonds. The molecule has 2 heteroatoms. The highest BCUT2D eigenvalue weighted by Crippen LogP contribution is 2.31. The van der Waals surface area contributed by atoms with E-state index in [9.17, 15) is 10.2 Å². The first kappa shape index (κ1) is 7.03. The van der Waals surface area contributed by atoms with Gasteiger partial charge in [0, 0.05) is 0 Å². The number of aliphatic hydroxyl groups is 2. The minimum atomic E-state index is -0.282. The SMILES string of the molecule is C[C@@H]1[C@H](C)[C@H](O)C[C@@H]1O. The topological polar surface area (TPSA) is 40.5 Å². The van der Waals surface area contributed by atoms with Crippen LogP contribution in [0.3, 0.4) is 0 Å². The lowest BCUT2D eigenvalue weighted by Gasteiger charge is -2.12. The molecular formula is C7H14O2. The maximum absolute atomic E-state index is 9.18. The van der Waals surface area contributed by atoms with Gasteiger partial charge in [-0.05, 0) is 18.3 Å². The van der Waals surface area contributed by atoms with Gasteiger partial charge in [-0.2, -0.15) is 0 Å². The average Bonchev–Trinajstić information content (AvgIpc) is 1.98. The van der Waals surface area contributed by atoms with Crippen molar-refractivity contribution in [1.29, 1.82) is 0 Å². The van der Waals surface area contributed by atoms with E-state index in [1.807, 2.05) is 13.8 Å². The van der Waals surface area contributed by atoms with E-state index in [1.165, 1.54) is 0 Å². The van der Waals surface area contributed by atoms with Gasteiger partial charge in [0.05, 0.1) is 12.2 Å². The van der Waals surface area contributed by atoms with Crippen molar-refractivity contribution in [1.82, 2.24) is 0 Å². The van der Waals surface area contributed by atoms with Gasteiger partial charge in [-0.15, -0.1) is 0 Å². The van der Waals surface area contributed by atoms with Crippen LogP contribution in [0.2, 0.25) is 0 Å². The monoisotopic (exact) mass is 130 g/mol. The van der Waals surface area contributed by atoms with E-state index in [1.54, 1.807) is 0 Å². The number of rotatable bonds is 0. The highest BCUT2D eigenvalue weighted by molar-refractivity contribution is 4.85. The van der Waals surface area contributed by atoms with Crippen LogP contribution in [0.25, 0.3) is 0 Å². The van der Waals surface area contributed by atoms with Gasteiger partial charge in [0.15, 0.2) is 0 Å². The maximum Gasteiger partial charge on any atom is 0.0594 e. The number of hydrogen-bond acceptors (Lipinski definition) is 2. The zero-order chi connectivity index (χ0) is 7.02. The van der Waals surface area contributed by atoms with Crippen molar-refractivity contribution in [3.8, 4) is 0 Å². The van der Waals surface area contributed by atoms with E-state index >= 15 is 0 Å². The van der Waals surface area contributed by atoms with Gasteiger partial charge in [-0.3, -0.25) is 0 Å². The number of aliphatic hydroxyl groups excluding tert-OH is 2. The summed E-state index contributed by atoms with van der Waals surface area (Å²) < 4.78 is 0. The highest BCUT2D eigenvalue weighted by Gasteiger charge is 2.35. The molecule has 0 spiro atoms. The molecule has 0 saturated heterocycles. The lowest BCUT2D eigenvalue weighted by Crippen LogP contribution is -2.15. The van der Waals surface area contributed by atoms with E-state index < -0.39 is 0 Å². The zero-order valence-corrected chi connectivity index (χ0v) is 5.91. The summed E-state index contributed by atoms with van der Waals surface area (Å²) in [6, 6.07) is 0. The molecule has 0 unspecified atom stereocenters. The molecule has 1 saturated carbocycles. The molecule has 2 N–H and O–H groups in total. The molecule has 4 atom stereocenters. The average molecular weight is 130 g/mol. The minimum Gasteiger partial charge on any atom is -0.393 e. The Balaban J connectivity index is 2.54. The summed E-state index contributed by atoms with van der Waals surface area (Å²) in [7, 11) is 0. The van der Waals surface area contributed by atoms with Gasteiger partial charge in [0.1, 0.15) is 0 Å². The van der Waals surface area contributed by atoms with E-state index in [-0.39, 0.29) is 24.0 Å². The van der Waals surface area contributed by atoms with Crippen molar-refractivity contribution in [2.45, 2.75) is 32.5 Å². The van der Waals surface area contributed by atoms with Crippen LogP contribution in [0, 0.1) is 11.8 Å². The van der Waals surface area contributed by atoms with Crippen LogP contribution in [0.1, 0.15) is 20.3 Å². The molecule has 2 nitrogen and oxygen atoms in total. The second kappa shape index (κ2) is 2.27. The Hall–Kier alpha value is -0.0800. The molecule has 0 bridgehead atoms. The lowest BCUT2D eigenvalue weighted by atomic mass is 9.98. The van der Waals surface area contributed by atoms with E-state index in [0.29, 0.717) is 6.42 Å². The maximum atomic E-state index is 9.18. The van der Waals surface area contributed by atoms with Gasteiger partial charge in [-0.25, -0.2) is 0 Å². The van der Waals surface area contributed by atoms with Crippen molar-refractivity contribution in [3.63, 3.8) is 0 Å². The predicted octanol–water partition coefficient (Wildman–Crippen LogP) is 0.384. The molecule has 1 rings (SSSR count). The molecule has 0 aromatic rings. The first-order valence-electron chi connectivity index (χ1n) is 3.49. The van der Waals surface area contributed by atoms with Crippen molar-refractivity contribution < 1.29 is 10.2 Å². The van der Waals surface area contributed by atoms with Crippen molar-refractivity contribution >= 4 is 0 Å². The van der Waals surface area contributed by atoms with Gasteiger partial charge < -0.3 is 10.2 Å². The standard InChI is InChI=1S/C7H14O2/c1-4-5(2)7(9)3-6(4)8/h4-9H,3H2,1-2H3/t4-,5+,6+,7-. The third kappa shape index (κ3) is 1.10. The van der Waals surface area contributed by atoms with Crippen LogP contribution in [0.5, 0.6) is 0 Å². The van der Waals surface area contributed by atoms with Crippen molar-refractivity contribution in [3.05, 3.63) is 0 Å². The summed E-state index contributed by atoms with van der Waals surface area (Å²) in [6.45, 7) is 3.96. The van der Waals surface area contributed by atoms with Crippen molar-refractivity contribution in [2.75, 3.05) is 0 Å². The summed E-state index contributed by atoms with van der Waals surface area (Å²) >= 11 is 0. The summed E-state index contributed by atoms with van der Waals surface area (Å²) in [5.74, 6) is 0.528. The summed E-state index contributed by atoms with van der Waals surface area (Å²) in [6.07, 6.45) is -0.00694. The Morgan fingerprint density at radius 2 is 1.33 bits per heavy atom. The smallest absolute Gasteiger partial charge is 0.0594 e. The Bertz CT molecular complexity index is 91.1. The largest absolute Gasteiger partial charge is 0.393 e. The molecule has 0 aliphatic heterocycles. The fourth-order valence-electron chi connectivity index (χ4n) is 1.38. The molecular weight excluding hydrogens is 116 g/mol. The molecule has 54 valence electrons. The number of hydrogen-bond donors (Lipinski definition) is 2. The molecule has 1 aliphatic rings. The van der Waals surface area contributed by atoms with Crippen LogP contribution >= 0.6 is 0 Å². The second-order valence-electron chi connectivity index (χ2n) is 3.09. The second-order valence-corrected chi connectivity index (χ2v) is 3.09. The normalized spacial score (nSPS) is 52.0. The Kier molecular flexibility index (Phi) is 1.78. The summed E-state index contributed by atoms with van der Waals surface area (Å²) in [5, 5.41) is 18.4. The van der Waals surface area contributed by atoms with Gasteiger partial charge in [0.2, 0.25) is 0 Å².